The van der Waals surface area contributed by atoms with Crippen LogP contribution in [0.25, 0.3) is 0 Å². The fourth-order valence-corrected chi connectivity index (χ4v) is 2.35. The van der Waals surface area contributed by atoms with Gasteiger partial charge in [0.05, 0.1) is 23.6 Å². The van der Waals surface area contributed by atoms with E-state index in [1.54, 1.807) is 0 Å². The summed E-state index contributed by atoms with van der Waals surface area (Å²) in [6.07, 6.45) is 4.17. The highest BCUT2D eigenvalue weighted by Crippen LogP contribution is 2.17. The summed E-state index contributed by atoms with van der Waals surface area (Å²) < 4.78 is 8.17. The molecule has 0 saturated carbocycles. The molecule has 2 rings (SSSR count). The highest BCUT2D eigenvalue weighted by Gasteiger charge is 2.19. The molecule has 1 aromatic rings. The van der Waals surface area contributed by atoms with Crippen molar-refractivity contribution in [2.45, 2.75) is 19.4 Å². The molecule has 1 N–H and O–H groups in total. The van der Waals surface area contributed by atoms with Gasteiger partial charge in [0.25, 0.3) is 0 Å². The predicted octanol–water partition coefficient (Wildman–Crippen LogP) is 0.742. The molecule has 0 aromatic carbocycles. The van der Waals surface area contributed by atoms with Crippen LogP contribution in [0.1, 0.15) is 18.5 Å². The summed E-state index contributed by atoms with van der Waals surface area (Å²) in [4.78, 5) is 2.35. The van der Waals surface area contributed by atoms with Crippen LogP contribution in [0, 0.1) is 5.92 Å². The summed E-state index contributed by atoms with van der Waals surface area (Å²) in [5, 5.41) is 9.08. The summed E-state index contributed by atoms with van der Waals surface area (Å²) in [7, 11) is 0. The second-order valence-electron chi connectivity index (χ2n) is 3.82. The highest BCUT2D eigenvalue weighted by molar-refractivity contribution is 6.99. The van der Waals surface area contributed by atoms with Crippen molar-refractivity contribution in [2.24, 2.45) is 5.92 Å². The normalized spacial score (nSPS) is 23.9. The van der Waals surface area contributed by atoms with Crippen LogP contribution in [-0.2, 0) is 6.54 Å². The Balaban J connectivity index is 1.86. The number of hydrogen-bond donors (Lipinski definition) is 1. The Morgan fingerprint density at radius 1 is 1.64 bits per heavy atom. The van der Waals surface area contributed by atoms with Crippen molar-refractivity contribution in [2.75, 3.05) is 19.7 Å². The van der Waals surface area contributed by atoms with Crippen molar-refractivity contribution >= 4 is 11.7 Å². The van der Waals surface area contributed by atoms with Gasteiger partial charge in [0.1, 0.15) is 0 Å². The first kappa shape index (κ1) is 10.0. The molecule has 1 unspecified atom stereocenters. The Hall–Kier alpha value is -0.520. The van der Waals surface area contributed by atoms with Crippen LogP contribution >= 0.6 is 11.7 Å². The third kappa shape index (κ3) is 2.50. The first-order valence-electron chi connectivity index (χ1n) is 4.98. The van der Waals surface area contributed by atoms with Crippen LogP contribution in [0.5, 0.6) is 0 Å². The zero-order valence-corrected chi connectivity index (χ0v) is 8.91. The smallest absolute Gasteiger partial charge is 0.0883 e. The van der Waals surface area contributed by atoms with Crippen molar-refractivity contribution in [1.29, 1.82) is 0 Å². The van der Waals surface area contributed by atoms with E-state index in [1.165, 1.54) is 18.1 Å². The third-order valence-electron chi connectivity index (χ3n) is 2.65. The van der Waals surface area contributed by atoms with E-state index in [-0.39, 0.29) is 0 Å². The van der Waals surface area contributed by atoms with Gasteiger partial charge in [0, 0.05) is 19.7 Å². The van der Waals surface area contributed by atoms with Crippen LogP contribution in [-0.4, -0.2) is 38.4 Å². The van der Waals surface area contributed by atoms with Gasteiger partial charge < -0.3 is 5.11 Å². The van der Waals surface area contributed by atoms with Gasteiger partial charge in [0.2, 0.25) is 0 Å². The van der Waals surface area contributed by atoms with Gasteiger partial charge in [-0.05, 0) is 25.3 Å². The molecule has 5 heteroatoms. The number of rotatable bonds is 3. The molecule has 14 heavy (non-hydrogen) atoms. The minimum absolute atomic E-state index is 0.311. The molecule has 4 nitrogen and oxygen atoms in total. The van der Waals surface area contributed by atoms with Crippen molar-refractivity contribution in [3.63, 3.8) is 0 Å². The first-order chi connectivity index (χ1) is 6.88. The van der Waals surface area contributed by atoms with E-state index in [0.717, 1.165) is 31.7 Å². The van der Waals surface area contributed by atoms with Gasteiger partial charge in [0.15, 0.2) is 0 Å². The molecule has 1 saturated heterocycles. The van der Waals surface area contributed by atoms with Crippen LogP contribution in [0.15, 0.2) is 6.20 Å². The van der Waals surface area contributed by atoms with E-state index in [9.17, 15) is 0 Å². The van der Waals surface area contributed by atoms with Gasteiger partial charge in [-0.15, -0.1) is 0 Å². The fourth-order valence-electron chi connectivity index (χ4n) is 1.93. The topological polar surface area (TPSA) is 49.2 Å². The second kappa shape index (κ2) is 4.82. The SMILES string of the molecule is OCC1CCCN(Cc2cnsn2)C1. The number of aliphatic hydroxyl groups is 1. The molecule has 0 aliphatic carbocycles. The van der Waals surface area contributed by atoms with Crippen molar-refractivity contribution in [3.8, 4) is 0 Å². The fraction of sp³-hybridized carbons (Fsp3) is 0.778. The lowest BCUT2D eigenvalue weighted by atomic mass is 9.99. The lowest BCUT2D eigenvalue weighted by Gasteiger charge is -2.30. The van der Waals surface area contributed by atoms with E-state index in [0.29, 0.717) is 12.5 Å². The largest absolute Gasteiger partial charge is 0.396 e. The molecule has 78 valence electrons. The third-order valence-corrected chi connectivity index (χ3v) is 3.17. The van der Waals surface area contributed by atoms with Crippen molar-refractivity contribution in [3.05, 3.63) is 11.9 Å². The molecule has 1 fully saturated rings. The van der Waals surface area contributed by atoms with E-state index >= 15 is 0 Å². The van der Waals surface area contributed by atoms with E-state index in [1.807, 2.05) is 6.20 Å². The molecule has 1 atom stereocenters. The van der Waals surface area contributed by atoms with Gasteiger partial charge in [-0.3, -0.25) is 4.90 Å². The quantitative estimate of drug-likeness (QED) is 0.804. The minimum atomic E-state index is 0.311. The Morgan fingerprint density at radius 2 is 2.57 bits per heavy atom. The molecule has 2 heterocycles. The number of nitrogens with zero attached hydrogens (tertiary/aromatic N) is 3. The molecular weight excluding hydrogens is 198 g/mol. The van der Waals surface area contributed by atoms with Crippen molar-refractivity contribution < 1.29 is 5.11 Å². The van der Waals surface area contributed by atoms with Crippen LogP contribution in [0.3, 0.4) is 0 Å². The van der Waals surface area contributed by atoms with E-state index < -0.39 is 0 Å². The minimum Gasteiger partial charge on any atom is -0.396 e. The van der Waals surface area contributed by atoms with E-state index in [4.69, 9.17) is 5.11 Å². The molecule has 0 amide bonds. The molecular formula is C9H15N3OS. The van der Waals surface area contributed by atoms with Gasteiger partial charge in [-0.25, -0.2) is 0 Å². The highest BCUT2D eigenvalue weighted by atomic mass is 32.1. The summed E-state index contributed by atoms with van der Waals surface area (Å²) in [6, 6.07) is 0. The maximum atomic E-state index is 9.08. The first-order valence-corrected chi connectivity index (χ1v) is 5.71. The monoisotopic (exact) mass is 213 g/mol. The zero-order chi connectivity index (χ0) is 9.80. The number of hydrogen-bond acceptors (Lipinski definition) is 5. The van der Waals surface area contributed by atoms with Crippen LogP contribution in [0.2, 0.25) is 0 Å². The number of likely N-dealkylation sites (tertiary alicyclic amines) is 1. The Bertz CT molecular complexity index is 265. The van der Waals surface area contributed by atoms with Gasteiger partial charge >= 0.3 is 0 Å². The molecule has 0 bridgehead atoms. The predicted molar refractivity (Wildman–Crippen MR) is 55.0 cm³/mol. The summed E-state index contributed by atoms with van der Waals surface area (Å²) >= 11 is 1.26. The number of aliphatic hydroxyl groups excluding tert-OH is 1. The van der Waals surface area contributed by atoms with Crippen LogP contribution < -0.4 is 0 Å². The summed E-state index contributed by atoms with van der Waals surface area (Å²) in [5.41, 5.74) is 1.05. The molecule has 0 spiro atoms. The van der Waals surface area contributed by atoms with Crippen LogP contribution in [0.4, 0.5) is 0 Å². The summed E-state index contributed by atoms with van der Waals surface area (Å²) in [6.45, 7) is 3.31. The lowest BCUT2D eigenvalue weighted by molar-refractivity contribution is 0.115. The molecule has 1 aliphatic heterocycles. The molecule has 1 aromatic heterocycles. The zero-order valence-electron chi connectivity index (χ0n) is 8.09. The maximum absolute atomic E-state index is 9.08. The Morgan fingerprint density at radius 3 is 3.29 bits per heavy atom. The maximum Gasteiger partial charge on any atom is 0.0883 e. The Kier molecular flexibility index (Phi) is 3.44. The summed E-state index contributed by atoms with van der Waals surface area (Å²) in [5.74, 6) is 0.454. The van der Waals surface area contributed by atoms with Gasteiger partial charge in [-0.2, -0.15) is 8.75 Å². The molecule has 0 radical (unpaired) electrons. The lowest BCUT2D eigenvalue weighted by Crippen LogP contribution is -2.36. The standard InChI is InChI=1S/C9H15N3OS/c13-7-8-2-1-3-12(5-8)6-9-4-10-14-11-9/h4,8,13H,1-3,5-7H2. The van der Waals surface area contributed by atoms with Crippen molar-refractivity contribution in [1.82, 2.24) is 13.6 Å². The number of aromatic nitrogens is 2. The Labute approximate surface area is 87.9 Å². The molecule has 1 aliphatic rings. The average Bonchev–Trinajstić information content (AvgIpc) is 2.71. The second-order valence-corrected chi connectivity index (χ2v) is 4.38. The van der Waals surface area contributed by atoms with Gasteiger partial charge in [-0.1, -0.05) is 0 Å². The number of piperidine rings is 1. The van der Waals surface area contributed by atoms with E-state index in [2.05, 4.69) is 13.6 Å². The average molecular weight is 213 g/mol.